The van der Waals surface area contributed by atoms with Crippen LogP contribution in [0.2, 0.25) is 0 Å². The molecule has 5 unspecified atom stereocenters. The first-order chi connectivity index (χ1) is 10.1. The molecule has 122 valence electrons. The third kappa shape index (κ3) is 3.90. The number of hydrogen-bond donors (Lipinski definition) is 1. The number of hydrogen-bond acceptors (Lipinski definition) is 5. The maximum absolute atomic E-state index is 6.73. The molecule has 5 atom stereocenters. The van der Waals surface area contributed by atoms with Crippen molar-refractivity contribution in [3.8, 4) is 0 Å². The molecule has 3 fully saturated rings. The first-order valence-electron chi connectivity index (χ1n) is 8.34. The third-order valence-corrected chi connectivity index (χ3v) is 10.0. The van der Waals surface area contributed by atoms with Gasteiger partial charge in [0.05, 0.1) is 5.60 Å². The second kappa shape index (κ2) is 7.25. The van der Waals surface area contributed by atoms with Gasteiger partial charge in [0.25, 0.3) is 0 Å². The van der Waals surface area contributed by atoms with Crippen LogP contribution in [0.3, 0.4) is 0 Å². The summed E-state index contributed by atoms with van der Waals surface area (Å²) >= 11 is 6.34. The Balaban J connectivity index is 1.60. The summed E-state index contributed by atoms with van der Waals surface area (Å²) in [6, 6.07) is 0.354. The fourth-order valence-electron chi connectivity index (χ4n) is 3.80. The molecular formula is C16H29NOS3. The summed E-state index contributed by atoms with van der Waals surface area (Å²) in [7, 11) is 0. The lowest BCUT2D eigenvalue weighted by Crippen LogP contribution is -2.51. The zero-order chi connectivity index (χ0) is 14.9. The van der Waals surface area contributed by atoms with E-state index in [2.05, 4.69) is 49.1 Å². The summed E-state index contributed by atoms with van der Waals surface area (Å²) in [5.74, 6) is 4.44. The van der Waals surface area contributed by atoms with Gasteiger partial charge in [-0.3, -0.25) is 0 Å². The zero-order valence-electron chi connectivity index (χ0n) is 13.3. The molecule has 0 aromatic carbocycles. The SMILES string of the molecule is CC1SCC(C(N)C2CCOC3(CCSCC3)C2)SC1C. The molecule has 21 heavy (non-hydrogen) atoms. The van der Waals surface area contributed by atoms with Gasteiger partial charge in [-0.25, -0.2) is 0 Å². The predicted octanol–water partition coefficient (Wildman–Crippen LogP) is 3.63. The van der Waals surface area contributed by atoms with Gasteiger partial charge >= 0.3 is 0 Å². The van der Waals surface area contributed by atoms with Crippen LogP contribution in [0.5, 0.6) is 0 Å². The molecule has 2 nitrogen and oxygen atoms in total. The second-order valence-electron chi connectivity index (χ2n) is 6.89. The Hall–Kier alpha value is 0.970. The van der Waals surface area contributed by atoms with Gasteiger partial charge in [-0.15, -0.1) is 0 Å². The Morgan fingerprint density at radius 1 is 1.19 bits per heavy atom. The molecule has 0 radical (unpaired) electrons. The van der Waals surface area contributed by atoms with Gasteiger partial charge in [-0.2, -0.15) is 35.3 Å². The van der Waals surface area contributed by atoms with Crippen LogP contribution in [-0.2, 0) is 4.74 Å². The topological polar surface area (TPSA) is 35.2 Å². The molecule has 1 spiro atoms. The summed E-state index contributed by atoms with van der Waals surface area (Å²) in [4.78, 5) is 0. The number of nitrogens with two attached hydrogens (primary N) is 1. The molecule has 3 aliphatic rings. The molecule has 2 N–H and O–H groups in total. The van der Waals surface area contributed by atoms with Crippen LogP contribution in [0.4, 0.5) is 0 Å². The molecule has 3 saturated heterocycles. The van der Waals surface area contributed by atoms with E-state index in [-0.39, 0.29) is 5.60 Å². The molecule has 3 rings (SSSR count). The van der Waals surface area contributed by atoms with Crippen molar-refractivity contribution >= 4 is 35.3 Å². The van der Waals surface area contributed by atoms with Crippen molar-refractivity contribution < 1.29 is 4.74 Å². The minimum Gasteiger partial charge on any atom is -0.375 e. The minimum atomic E-state index is 0.178. The summed E-state index contributed by atoms with van der Waals surface area (Å²) in [6.07, 6.45) is 4.85. The van der Waals surface area contributed by atoms with Crippen molar-refractivity contribution in [2.45, 2.75) is 66.9 Å². The Morgan fingerprint density at radius 2 is 1.95 bits per heavy atom. The Morgan fingerprint density at radius 3 is 2.67 bits per heavy atom. The van der Waals surface area contributed by atoms with E-state index in [9.17, 15) is 0 Å². The minimum absolute atomic E-state index is 0.178. The molecular weight excluding hydrogens is 318 g/mol. The lowest BCUT2D eigenvalue weighted by Gasteiger charge is -2.46. The van der Waals surface area contributed by atoms with E-state index in [0.29, 0.717) is 17.2 Å². The van der Waals surface area contributed by atoms with Crippen LogP contribution in [0.1, 0.15) is 39.5 Å². The van der Waals surface area contributed by atoms with Crippen LogP contribution in [0, 0.1) is 5.92 Å². The van der Waals surface area contributed by atoms with E-state index < -0.39 is 0 Å². The number of thioether (sulfide) groups is 3. The van der Waals surface area contributed by atoms with Gasteiger partial charge < -0.3 is 10.5 Å². The van der Waals surface area contributed by atoms with Gasteiger partial charge in [0, 0.05) is 34.2 Å². The summed E-state index contributed by atoms with van der Waals surface area (Å²) in [5.41, 5.74) is 6.90. The van der Waals surface area contributed by atoms with E-state index in [1.165, 1.54) is 42.9 Å². The Labute approximate surface area is 142 Å². The second-order valence-corrected chi connectivity index (χ2v) is 11.1. The van der Waals surface area contributed by atoms with Gasteiger partial charge in [0.1, 0.15) is 0 Å². The van der Waals surface area contributed by atoms with Crippen molar-refractivity contribution in [2.75, 3.05) is 23.9 Å². The van der Waals surface area contributed by atoms with Gasteiger partial charge in [-0.05, 0) is 43.1 Å². The summed E-state index contributed by atoms with van der Waals surface area (Å²) < 4.78 is 6.23. The lowest BCUT2D eigenvalue weighted by atomic mass is 9.78. The molecule has 0 aromatic rings. The molecule has 0 aliphatic carbocycles. The van der Waals surface area contributed by atoms with Gasteiger partial charge in [0.15, 0.2) is 0 Å². The number of ether oxygens (including phenoxy) is 1. The standard InChI is InChI=1S/C16H29NOS3/c1-11-12(2)21-14(10-20-11)15(17)13-3-6-18-16(9-13)4-7-19-8-5-16/h11-15H,3-10,17H2,1-2H3. The molecule has 0 aromatic heterocycles. The highest BCUT2D eigenvalue weighted by Crippen LogP contribution is 2.44. The average molecular weight is 348 g/mol. The van der Waals surface area contributed by atoms with E-state index in [1.54, 1.807) is 0 Å². The Kier molecular flexibility index (Phi) is 5.80. The summed E-state index contributed by atoms with van der Waals surface area (Å²) in [6.45, 7) is 5.65. The van der Waals surface area contributed by atoms with Crippen LogP contribution in [0.25, 0.3) is 0 Å². The van der Waals surface area contributed by atoms with Crippen molar-refractivity contribution in [1.82, 2.24) is 0 Å². The van der Waals surface area contributed by atoms with Crippen molar-refractivity contribution in [3.63, 3.8) is 0 Å². The normalized spacial score (nSPS) is 41.9. The average Bonchev–Trinajstić information content (AvgIpc) is 2.50. The Bertz CT molecular complexity index is 343. The first kappa shape index (κ1) is 16.8. The van der Waals surface area contributed by atoms with Crippen molar-refractivity contribution in [3.05, 3.63) is 0 Å². The maximum Gasteiger partial charge on any atom is 0.0701 e. The third-order valence-electron chi connectivity index (χ3n) is 5.48. The zero-order valence-corrected chi connectivity index (χ0v) is 15.7. The smallest absolute Gasteiger partial charge is 0.0701 e. The van der Waals surface area contributed by atoms with Crippen molar-refractivity contribution in [2.24, 2.45) is 11.7 Å². The van der Waals surface area contributed by atoms with E-state index >= 15 is 0 Å². The highest BCUT2D eigenvalue weighted by molar-refractivity contribution is 8.07. The van der Waals surface area contributed by atoms with Crippen LogP contribution < -0.4 is 5.73 Å². The first-order valence-corrected chi connectivity index (χ1v) is 11.5. The highest BCUT2D eigenvalue weighted by atomic mass is 32.2. The largest absolute Gasteiger partial charge is 0.375 e. The lowest BCUT2D eigenvalue weighted by molar-refractivity contribution is -0.105. The molecule has 0 saturated carbocycles. The van der Waals surface area contributed by atoms with E-state index in [4.69, 9.17) is 10.5 Å². The monoisotopic (exact) mass is 347 g/mol. The van der Waals surface area contributed by atoms with Crippen LogP contribution >= 0.6 is 35.3 Å². The molecule has 0 amide bonds. The molecule has 5 heteroatoms. The number of rotatable bonds is 2. The highest BCUT2D eigenvalue weighted by Gasteiger charge is 2.42. The predicted molar refractivity (Wildman–Crippen MR) is 98.7 cm³/mol. The molecule has 3 aliphatic heterocycles. The van der Waals surface area contributed by atoms with Gasteiger partial charge in [-0.1, -0.05) is 13.8 Å². The van der Waals surface area contributed by atoms with Gasteiger partial charge in [0.2, 0.25) is 0 Å². The van der Waals surface area contributed by atoms with E-state index in [1.807, 2.05) is 0 Å². The molecule has 0 bridgehead atoms. The quantitative estimate of drug-likeness (QED) is 0.825. The van der Waals surface area contributed by atoms with E-state index in [0.717, 1.165) is 17.1 Å². The fraction of sp³-hybridized carbons (Fsp3) is 1.00. The van der Waals surface area contributed by atoms with Crippen LogP contribution in [0.15, 0.2) is 0 Å². The summed E-state index contributed by atoms with van der Waals surface area (Å²) in [5, 5.41) is 2.15. The molecule has 3 heterocycles. The van der Waals surface area contributed by atoms with Crippen molar-refractivity contribution in [1.29, 1.82) is 0 Å². The fourth-order valence-corrected chi connectivity index (χ4v) is 8.18. The van der Waals surface area contributed by atoms with Crippen LogP contribution in [-0.4, -0.2) is 51.3 Å². The maximum atomic E-state index is 6.73.